The van der Waals surface area contributed by atoms with E-state index in [1.54, 1.807) is 30.3 Å². The molecule has 3 nitrogen and oxygen atoms in total. The topological polar surface area (TPSA) is 60.2 Å². The zero-order valence-electron chi connectivity index (χ0n) is 8.80. The molecule has 0 fully saturated rings. The molecule has 0 aliphatic heterocycles. The number of benzene rings is 2. The van der Waals surface area contributed by atoms with E-state index in [0.29, 0.717) is 5.56 Å². The van der Waals surface area contributed by atoms with Crippen molar-refractivity contribution in [2.45, 2.75) is 4.90 Å². The maximum atomic E-state index is 14.0. The highest BCUT2D eigenvalue weighted by Gasteiger charge is 2.17. The van der Waals surface area contributed by atoms with Crippen molar-refractivity contribution in [3.63, 3.8) is 0 Å². The Kier molecular flexibility index (Phi) is 2.95. The van der Waals surface area contributed by atoms with Gasteiger partial charge in [-0.2, -0.15) is 0 Å². The van der Waals surface area contributed by atoms with Crippen LogP contribution in [-0.4, -0.2) is 8.42 Å². The van der Waals surface area contributed by atoms with E-state index < -0.39 is 20.7 Å². The molecule has 0 spiro atoms. The molecule has 2 aromatic carbocycles. The van der Waals surface area contributed by atoms with Gasteiger partial charge in [0.1, 0.15) is 4.90 Å². The van der Waals surface area contributed by atoms with Crippen molar-refractivity contribution >= 4 is 10.0 Å². The number of sulfonamides is 1. The minimum absolute atomic E-state index is 0.220. The van der Waals surface area contributed by atoms with Crippen molar-refractivity contribution in [3.8, 4) is 11.1 Å². The lowest BCUT2D eigenvalue weighted by Gasteiger charge is -2.06. The third-order valence-corrected chi connectivity index (χ3v) is 3.28. The van der Waals surface area contributed by atoms with Crippen LogP contribution in [0.25, 0.3) is 11.1 Å². The Morgan fingerprint density at radius 3 is 2.18 bits per heavy atom. The lowest BCUT2D eigenvalue weighted by molar-refractivity contribution is 0.570. The van der Waals surface area contributed by atoms with Crippen molar-refractivity contribution in [2.24, 2.45) is 5.14 Å². The molecule has 2 aromatic rings. The summed E-state index contributed by atoms with van der Waals surface area (Å²) in [6, 6.07) is 12.8. The summed E-state index contributed by atoms with van der Waals surface area (Å²) in [6.07, 6.45) is 0. The fourth-order valence-corrected chi connectivity index (χ4v) is 2.20. The Balaban J connectivity index is 2.67. The highest BCUT2D eigenvalue weighted by atomic mass is 32.2. The van der Waals surface area contributed by atoms with E-state index in [4.69, 9.17) is 5.14 Å². The molecule has 0 heterocycles. The molecule has 0 amide bonds. The Morgan fingerprint density at radius 1 is 0.941 bits per heavy atom. The van der Waals surface area contributed by atoms with Gasteiger partial charge in [0.15, 0.2) is 5.82 Å². The Hall–Kier alpha value is -1.72. The van der Waals surface area contributed by atoms with E-state index in [0.717, 1.165) is 6.07 Å². The predicted octanol–water partition coefficient (Wildman–Crippen LogP) is 2.14. The van der Waals surface area contributed by atoms with Gasteiger partial charge >= 0.3 is 0 Å². The summed E-state index contributed by atoms with van der Waals surface area (Å²) < 4.78 is 36.3. The van der Waals surface area contributed by atoms with Gasteiger partial charge in [-0.3, -0.25) is 0 Å². The highest BCUT2D eigenvalue weighted by molar-refractivity contribution is 7.89. The van der Waals surface area contributed by atoms with Crippen molar-refractivity contribution in [3.05, 3.63) is 54.3 Å². The molecule has 0 aliphatic rings. The zero-order valence-corrected chi connectivity index (χ0v) is 9.62. The van der Waals surface area contributed by atoms with Crippen LogP contribution in [0.2, 0.25) is 0 Å². The minimum Gasteiger partial charge on any atom is -0.225 e. The van der Waals surface area contributed by atoms with Gasteiger partial charge in [0.2, 0.25) is 10.0 Å². The van der Waals surface area contributed by atoms with E-state index >= 15 is 0 Å². The van der Waals surface area contributed by atoms with E-state index in [1.165, 1.54) is 12.1 Å². The summed E-state index contributed by atoms with van der Waals surface area (Å²) in [6.45, 7) is 0. The minimum atomic E-state index is -4.04. The molecule has 5 heteroatoms. The van der Waals surface area contributed by atoms with Crippen LogP contribution in [0.1, 0.15) is 0 Å². The summed E-state index contributed by atoms with van der Waals surface area (Å²) >= 11 is 0. The van der Waals surface area contributed by atoms with Crippen LogP contribution in [0, 0.1) is 5.82 Å². The molecule has 0 unspecified atom stereocenters. The molecule has 0 saturated heterocycles. The first-order valence-corrected chi connectivity index (χ1v) is 6.41. The van der Waals surface area contributed by atoms with Gasteiger partial charge in [0.25, 0.3) is 0 Å². The molecule has 0 bridgehead atoms. The van der Waals surface area contributed by atoms with Crippen LogP contribution in [-0.2, 0) is 10.0 Å². The standard InChI is InChI=1S/C12H10FNO2S/c13-12-10(9-5-2-1-3-6-9)7-4-8-11(12)17(14,15)16/h1-8H,(H2,14,15,16). The molecule has 0 saturated carbocycles. The lowest BCUT2D eigenvalue weighted by Crippen LogP contribution is -2.14. The number of hydrogen-bond donors (Lipinski definition) is 1. The second-order valence-electron chi connectivity index (χ2n) is 3.53. The fourth-order valence-electron chi connectivity index (χ4n) is 1.57. The third-order valence-electron chi connectivity index (χ3n) is 2.35. The molecule has 0 atom stereocenters. The van der Waals surface area contributed by atoms with Crippen molar-refractivity contribution < 1.29 is 12.8 Å². The van der Waals surface area contributed by atoms with Crippen molar-refractivity contribution in [2.75, 3.05) is 0 Å². The first-order chi connectivity index (χ1) is 8.00. The number of nitrogens with two attached hydrogens (primary N) is 1. The first-order valence-electron chi connectivity index (χ1n) is 4.87. The van der Waals surface area contributed by atoms with Gasteiger partial charge in [0.05, 0.1) is 0 Å². The van der Waals surface area contributed by atoms with Crippen LogP contribution in [0.5, 0.6) is 0 Å². The van der Waals surface area contributed by atoms with Gasteiger partial charge in [-0.15, -0.1) is 0 Å². The van der Waals surface area contributed by atoms with E-state index in [-0.39, 0.29) is 5.56 Å². The molecule has 2 rings (SSSR count). The SMILES string of the molecule is NS(=O)(=O)c1cccc(-c2ccccc2)c1F. The monoisotopic (exact) mass is 251 g/mol. The maximum Gasteiger partial charge on any atom is 0.240 e. The van der Waals surface area contributed by atoms with Crippen molar-refractivity contribution in [1.29, 1.82) is 0 Å². The quantitative estimate of drug-likeness (QED) is 0.888. The Bertz CT molecular complexity index is 639. The molecule has 2 N–H and O–H groups in total. The average molecular weight is 251 g/mol. The average Bonchev–Trinajstić information content (AvgIpc) is 2.29. The number of halogens is 1. The molecule has 17 heavy (non-hydrogen) atoms. The summed E-state index contributed by atoms with van der Waals surface area (Å²) in [5, 5.41) is 4.94. The van der Waals surface area contributed by atoms with E-state index in [9.17, 15) is 12.8 Å². The molecule has 0 aromatic heterocycles. The van der Waals surface area contributed by atoms with Crippen LogP contribution in [0.4, 0.5) is 4.39 Å². The van der Waals surface area contributed by atoms with Gasteiger partial charge in [-0.1, -0.05) is 42.5 Å². The third kappa shape index (κ3) is 2.35. The van der Waals surface area contributed by atoms with Gasteiger partial charge in [-0.05, 0) is 11.6 Å². The summed E-state index contributed by atoms with van der Waals surface area (Å²) in [4.78, 5) is -0.487. The highest BCUT2D eigenvalue weighted by Crippen LogP contribution is 2.26. The Labute approximate surface area is 98.8 Å². The predicted molar refractivity (Wildman–Crippen MR) is 63.2 cm³/mol. The normalized spacial score (nSPS) is 11.4. The van der Waals surface area contributed by atoms with E-state index in [1.807, 2.05) is 0 Å². The number of hydrogen-bond acceptors (Lipinski definition) is 2. The van der Waals surface area contributed by atoms with Crippen LogP contribution in [0.15, 0.2) is 53.4 Å². The first kappa shape index (κ1) is 11.8. The summed E-state index contributed by atoms with van der Waals surface area (Å²) in [7, 11) is -4.04. The van der Waals surface area contributed by atoms with Gasteiger partial charge in [-0.25, -0.2) is 17.9 Å². The Morgan fingerprint density at radius 2 is 1.59 bits per heavy atom. The molecular weight excluding hydrogens is 241 g/mol. The van der Waals surface area contributed by atoms with Gasteiger partial charge < -0.3 is 0 Å². The molecular formula is C12H10FNO2S. The second kappa shape index (κ2) is 4.27. The van der Waals surface area contributed by atoms with Gasteiger partial charge in [0, 0.05) is 5.56 Å². The van der Waals surface area contributed by atoms with Crippen LogP contribution in [0.3, 0.4) is 0 Å². The van der Waals surface area contributed by atoms with E-state index in [2.05, 4.69) is 0 Å². The van der Waals surface area contributed by atoms with Crippen LogP contribution >= 0.6 is 0 Å². The molecule has 0 radical (unpaired) electrons. The van der Waals surface area contributed by atoms with Crippen molar-refractivity contribution in [1.82, 2.24) is 0 Å². The molecule has 0 aliphatic carbocycles. The number of primary sulfonamides is 1. The largest absolute Gasteiger partial charge is 0.240 e. The number of rotatable bonds is 2. The summed E-state index contributed by atoms with van der Waals surface area (Å²) in [5.41, 5.74) is 0.827. The smallest absolute Gasteiger partial charge is 0.225 e. The fraction of sp³-hybridized carbons (Fsp3) is 0. The molecule has 88 valence electrons. The maximum absolute atomic E-state index is 14.0. The lowest BCUT2D eigenvalue weighted by atomic mass is 10.1. The van der Waals surface area contributed by atoms with Crippen LogP contribution < -0.4 is 5.14 Å². The second-order valence-corrected chi connectivity index (χ2v) is 5.06. The summed E-state index contributed by atoms with van der Waals surface area (Å²) in [5.74, 6) is -0.818. The zero-order chi connectivity index (χ0) is 12.5.